The normalized spacial score (nSPS) is 11.9. The van der Waals surface area contributed by atoms with Crippen molar-refractivity contribution < 1.29 is 8.42 Å². The Balaban J connectivity index is 2.03. The molecule has 3 rings (SSSR count). The largest absolute Gasteiger partial charge is 0.227 e. The minimum Gasteiger partial charge on any atom is -0.217 e. The number of benzene rings is 2. The molecule has 1 aromatic heterocycles. The lowest BCUT2D eigenvalue weighted by Crippen LogP contribution is -2.06. The molecular formula is C20H23N3O2S. The fourth-order valence-corrected chi connectivity index (χ4v) is 4.20. The van der Waals surface area contributed by atoms with Crippen LogP contribution in [-0.2, 0) is 16.3 Å². The summed E-state index contributed by atoms with van der Waals surface area (Å²) in [6.07, 6.45) is 0.898. The van der Waals surface area contributed by atoms with Gasteiger partial charge in [-0.3, -0.25) is 0 Å². The molecule has 0 aliphatic rings. The minimum atomic E-state index is -3.71. The topological polar surface area (TPSA) is 64.8 Å². The smallest absolute Gasteiger partial charge is 0.217 e. The number of rotatable bonds is 5. The summed E-state index contributed by atoms with van der Waals surface area (Å²) in [6.45, 7) is 7.95. The minimum absolute atomic E-state index is 0.00306. The van der Waals surface area contributed by atoms with Gasteiger partial charge in [0.1, 0.15) is 0 Å². The molecule has 0 amide bonds. The predicted octanol–water partition coefficient (Wildman–Crippen LogP) is 4.09. The maximum Gasteiger partial charge on any atom is 0.227 e. The molecule has 0 saturated heterocycles. The first-order valence-electron chi connectivity index (χ1n) is 8.71. The molecule has 0 bridgehead atoms. The summed E-state index contributed by atoms with van der Waals surface area (Å²) in [5.41, 5.74) is 3.57. The second-order valence-corrected chi connectivity index (χ2v) is 8.51. The Morgan fingerprint density at radius 3 is 2.38 bits per heavy atom. The first-order valence-corrected chi connectivity index (χ1v) is 10.2. The van der Waals surface area contributed by atoms with Crippen LogP contribution >= 0.6 is 0 Å². The highest BCUT2D eigenvalue weighted by Crippen LogP contribution is 2.25. The molecule has 5 nitrogen and oxygen atoms in total. The lowest BCUT2D eigenvalue weighted by atomic mass is 10.0. The Kier molecular flexibility index (Phi) is 4.96. The fraction of sp³-hybridized carbons (Fsp3) is 0.300. The van der Waals surface area contributed by atoms with E-state index in [1.165, 1.54) is 0 Å². The Morgan fingerprint density at radius 2 is 1.77 bits per heavy atom. The lowest BCUT2D eigenvalue weighted by Gasteiger charge is -2.08. The van der Waals surface area contributed by atoms with Gasteiger partial charge in [0.2, 0.25) is 14.9 Å². The van der Waals surface area contributed by atoms with Crippen LogP contribution in [0.4, 0.5) is 0 Å². The summed E-state index contributed by atoms with van der Waals surface area (Å²) in [5, 5.41) is 8.06. The van der Waals surface area contributed by atoms with Crippen LogP contribution in [0.15, 0.2) is 58.5 Å². The van der Waals surface area contributed by atoms with Gasteiger partial charge in [-0.2, -0.15) is 0 Å². The quantitative estimate of drug-likeness (QED) is 0.679. The summed E-state index contributed by atoms with van der Waals surface area (Å²) >= 11 is 0. The van der Waals surface area contributed by atoms with E-state index in [0.29, 0.717) is 11.6 Å². The third kappa shape index (κ3) is 3.29. The van der Waals surface area contributed by atoms with E-state index in [9.17, 15) is 8.42 Å². The molecule has 0 radical (unpaired) electrons. The summed E-state index contributed by atoms with van der Waals surface area (Å²) < 4.78 is 27.6. The molecule has 3 aromatic rings. The number of aromatic nitrogens is 3. The van der Waals surface area contributed by atoms with Crippen LogP contribution in [-0.4, -0.2) is 23.4 Å². The molecule has 136 valence electrons. The van der Waals surface area contributed by atoms with Gasteiger partial charge in [0, 0.05) is 0 Å². The monoisotopic (exact) mass is 369 g/mol. The third-order valence-electron chi connectivity index (χ3n) is 4.53. The molecule has 0 N–H and O–H groups in total. The van der Waals surface area contributed by atoms with Crippen molar-refractivity contribution in [2.45, 2.75) is 50.0 Å². The van der Waals surface area contributed by atoms with Gasteiger partial charge in [0.05, 0.1) is 16.3 Å². The van der Waals surface area contributed by atoms with E-state index in [4.69, 9.17) is 0 Å². The van der Waals surface area contributed by atoms with Crippen LogP contribution in [0.25, 0.3) is 5.69 Å². The molecule has 0 fully saturated rings. The van der Waals surface area contributed by atoms with E-state index in [0.717, 1.165) is 23.2 Å². The second-order valence-electron chi connectivity index (χ2n) is 6.64. The van der Waals surface area contributed by atoms with Gasteiger partial charge in [-0.1, -0.05) is 50.3 Å². The molecular weight excluding hydrogens is 346 g/mol. The Bertz CT molecular complexity index is 1020. The van der Waals surface area contributed by atoms with Crippen LogP contribution < -0.4 is 0 Å². The van der Waals surface area contributed by atoms with Gasteiger partial charge < -0.3 is 0 Å². The zero-order valence-corrected chi connectivity index (χ0v) is 16.3. The Hall–Kier alpha value is -2.47. The summed E-state index contributed by atoms with van der Waals surface area (Å²) in [4.78, 5) is 0.236. The predicted molar refractivity (Wildman–Crippen MR) is 101 cm³/mol. The van der Waals surface area contributed by atoms with Crippen molar-refractivity contribution >= 4 is 9.84 Å². The van der Waals surface area contributed by atoms with E-state index in [-0.39, 0.29) is 9.92 Å². The summed E-state index contributed by atoms with van der Waals surface area (Å²) in [6, 6.07) is 14.8. The van der Waals surface area contributed by atoms with Crippen LogP contribution in [0.5, 0.6) is 0 Å². The molecule has 6 heteroatoms. The van der Waals surface area contributed by atoms with Crippen LogP contribution in [0.1, 0.15) is 43.5 Å². The fourth-order valence-electron chi connectivity index (χ4n) is 2.86. The van der Waals surface area contributed by atoms with Crippen molar-refractivity contribution in [1.29, 1.82) is 0 Å². The molecule has 0 aliphatic carbocycles. The zero-order valence-electron chi connectivity index (χ0n) is 15.5. The maximum atomic E-state index is 13.0. The van der Waals surface area contributed by atoms with Gasteiger partial charge in [0.25, 0.3) is 0 Å². The van der Waals surface area contributed by atoms with Crippen molar-refractivity contribution in [2.75, 3.05) is 0 Å². The molecule has 0 aliphatic heterocycles. The average Bonchev–Trinajstić information content (AvgIpc) is 3.04. The number of sulfone groups is 1. The van der Waals surface area contributed by atoms with E-state index >= 15 is 0 Å². The first kappa shape index (κ1) is 18.3. The van der Waals surface area contributed by atoms with E-state index in [1.54, 1.807) is 23.7 Å². The second kappa shape index (κ2) is 7.03. The number of aryl methyl sites for hydroxylation is 1. The van der Waals surface area contributed by atoms with Crippen LogP contribution in [0, 0.1) is 6.92 Å². The third-order valence-corrected chi connectivity index (χ3v) is 6.31. The highest BCUT2D eigenvalue weighted by molar-refractivity contribution is 7.91. The summed E-state index contributed by atoms with van der Waals surface area (Å²) in [7, 11) is -3.71. The van der Waals surface area contributed by atoms with E-state index in [1.807, 2.05) is 36.4 Å². The Morgan fingerprint density at radius 1 is 1.08 bits per heavy atom. The van der Waals surface area contributed by atoms with Gasteiger partial charge >= 0.3 is 0 Å². The van der Waals surface area contributed by atoms with Crippen molar-refractivity contribution in [2.24, 2.45) is 0 Å². The van der Waals surface area contributed by atoms with Gasteiger partial charge in [-0.05, 0) is 54.7 Å². The average molecular weight is 369 g/mol. The molecule has 1 heterocycles. The summed E-state index contributed by atoms with van der Waals surface area (Å²) in [5.74, 6) is 0.347. The molecule has 2 aromatic carbocycles. The standard InChI is InChI=1S/C20H23N3O2S/c1-5-16-7-6-8-18(13-16)23-15(4)20(21-22-23)26(24,25)19-11-9-17(10-12-19)14(2)3/h6-14H,5H2,1-4H3. The molecule has 0 unspecified atom stereocenters. The SMILES string of the molecule is CCc1cccc(-n2nnc(S(=O)(=O)c3ccc(C(C)C)cc3)c2C)c1. The molecule has 0 atom stereocenters. The van der Waals surface area contributed by atoms with Gasteiger partial charge in [-0.25, -0.2) is 13.1 Å². The number of hydrogen-bond donors (Lipinski definition) is 0. The van der Waals surface area contributed by atoms with Crippen molar-refractivity contribution in [3.8, 4) is 5.69 Å². The molecule has 26 heavy (non-hydrogen) atoms. The lowest BCUT2D eigenvalue weighted by molar-refractivity contribution is 0.591. The highest BCUT2D eigenvalue weighted by Gasteiger charge is 2.26. The highest BCUT2D eigenvalue weighted by atomic mass is 32.2. The van der Waals surface area contributed by atoms with Gasteiger partial charge in [0.15, 0.2) is 0 Å². The van der Waals surface area contributed by atoms with Crippen LogP contribution in [0.3, 0.4) is 0 Å². The van der Waals surface area contributed by atoms with Gasteiger partial charge in [-0.15, -0.1) is 5.10 Å². The number of nitrogens with zero attached hydrogens (tertiary/aromatic N) is 3. The van der Waals surface area contributed by atoms with E-state index < -0.39 is 9.84 Å². The maximum absolute atomic E-state index is 13.0. The van der Waals surface area contributed by atoms with E-state index in [2.05, 4.69) is 31.1 Å². The van der Waals surface area contributed by atoms with Crippen LogP contribution in [0.2, 0.25) is 0 Å². The first-order chi connectivity index (χ1) is 12.3. The number of hydrogen-bond acceptors (Lipinski definition) is 4. The van der Waals surface area contributed by atoms with Crippen molar-refractivity contribution in [1.82, 2.24) is 15.0 Å². The zero-order chi connectivity index (χ0) is 18.9. The molecule has 0 saturated carbocycles. The van der Waals surface area contributed by atoms with Crippen molar-refractivity contribution in [3.05, 3.63) is 65.4 Å². The molecule has 0 spiro atoms. The van der Waals surface area contributed by atoms with Crippen molar-refractivity contribution in [3.63, 3.8) is 0 Å². The Labute approximate surface area is 154 Å².